The molecule has 3 aromatic rings. The summed E-state index contributed by atoms with van der Waals surface area (Å²) in [4.78, 5) is 38.3. The molecule has 4 rings (SSSR count). The van der Waals surface area contributed by atoms with Gasteiger partial charge in [0.25, 0.3) is 0 Å². The Morgan fingerprint density at radius 2 is 1.55 bits per heavy atom. The number of benzene rings is 3. The molecule has 0 radical (unpaired) electrons. The van der Waals surface area contributed by atoms with Crippen LogP contribution in [-0.4, -0.2) is 50.0 Å². The summed E-state index contributed by atoms with van der Waals surface area (Å²) in [5, 5.41) is 52.7. The molecule has 0 saturated carbocycles. The normalized spacial score (nSPS) is 12.3. The molecule has 0 fully saturated rings. The number of carbonyl (C=O) groups excluding carboxylic acids is 3. The van der Waals surface area contributed by atoms with Gasteiger partial charge in [0.05, 0.1) is 30.4 Å². The number of carbonyl (C=O) groups is 3. The lowest BCUT2D eigenvalue weighted by Crippen LogP contribution is -2.22. The monoisotopic (exact) mass is 450 g/mol. The van der Waals surface area contributed by atoms with E-state index < -0.39 is 58.1 Å². The van der Waals surface area contributed by atoms with Crippen LogP contribution in [0.25, 0.3) is 11.1 Å². The van der Waals surface area contributed by atoms with Crippen LogP contribution in [0.15, 0.2) is 30.3 Å². The number of rotatable bonds is 4. The Balaban J connectivity index is 2.11. The van der Waals surface area contributed by atoms with Crippen LogP contribution in [0.1, 0.15) is 54.7 Å². The highest BCUT2D eigenvalue weighted by atomic mass is 16.5. The summed E-state index contributed by atoms with van der Waals surface area (Å²) < 4.78 is 5.04. The number of hydrogen-bond donors (Lipinski definition) is 5. The van der Waals surface area contributed by atoms with Gasteiger partial charge in [0.1, 0.15) is 34.3 Å². The second-order valence-electron chi connectivity index (χ2n) is 7.45. The van der Waals surface area contributed by atoms with Gasteiger partial charge in [-0.15, -0.1) is 0 Å². The van der Waals surface area contributed by atoms with Crippen LogP contribution in [-0.2, 0) is 6.61 Å². The highest BCUT2D eigenvalue weighted by Crippen LogP contribution is 2.51. The summed E-state index contributed by atoms with van der Waals surface area (Å²) in [6, 6.07) is 6.16. The van der Waals surface area contributed by atoms with Crippen molar-refractivity contribution in [1.82, 2.24) is 0 Å². The van der Waals surface area contributed by atoms with Gasteiger partial charge < -0.3 is 30.3 Å². The quantitative estimate of drug-likeness (QED) is 0.294. The topological polar surface area (TPSA) is 162 Å². The molecule has 0 atom stereocenters. The lowest BCUT2D eigenvalue weighted by atomic mass is 9.79. The number of phenolic OH excluding ortho intramolecular Hbond substituents is 4. The van der Waals surface area contributed by atoms with E-state index in [0.717, 1.165) is 19.1 Å². The average Bonchev–Trinajstić information content (AvgIpc) is 2.77. The van der Waals surface area contributed by atoms with E-state index in [4.69, 9.17) is 4.74 Å². The van der Waals surface area contributed by atoms with Crippen LogP contribution in [0.2, 0.25) is 0 Å². The first-order chi connectivity index (χ1) is 15.6. The Kier molecular flexibility index (Phi) is 5.06. The number of fused-ring (bicyclic) bond motifs is 2. The fourth-order valence-corrected chi connectivity index (χ4v) is 4.15. The number of phenols is 4. The fraction of sp³-hybridized carbons (Fsp3) is 0.125. The number of Topliss-reactive ketones (excluding diaryl/α,β-unsaturated/α-hetero) is 1. The summed E-state index contributed by atoms with van der Waals surface area (Å²) in [6.45, 7) is 0.408. The molecule has 168 valence electrons. The number of aliphatic hydroxyl groups excluding tert-OH is 1. The van der Waals surface area contributed by atoms with E-state index in [1.807, 2.05) is 0 Å². The molecule has 33 heavy (non-hydrogen) atoms. The van der Waals surface area contributed by atoms with Crippen LogP contribution in [0.4, 0.5) is 0 Å². The van der Waals surface area contributed by atoms with Gasteiger partial charge in [0, 0.05) is 22.8 Å². The first kappa shape index (κ1) is 21.8. The van der Waals surface area contributed by atoms with E-state index in [-0.39, 0.29) is 39.1 Å². The van der Waals surface area contributed by atoms with Gasteiger partial charge in [-0.05, 0) is 24.6 Å². The third kappa shape index (κ3) is 3.01. The lowest BCUT2D eigenvalue weighted by Gasteiger charge is -2.23. The third-order valence-corrected chi connectivity index (χ3v) is 5.60. The molecule has 0 bridgehead atoms. The molecule has 0 saturated heterocycles. The van der Waals surface area contributed by atoms with Crippen LogP contribution in [0.5, 0.6) is 28.7 Å². The van der Waals surface area contributed by atoms with E-state index in [2.05, 4.69) is 0 Å². The van der Waals surface area contributed by atoms with Crippen LogP contribution in [0.3, 0.4) is 0 Å². The standard InChI is InChI=1S/C24H18O9/c1-9(26)16-15(33-2)7-14(28)20(22(16)30)17-10(8-25)6-12-19(23(17)31)24(32)18-11(21(12)29)4-3-5-13(18)27/h3-7,25,27-28,30-31H,8H2,1-2H3. The SMILES string of the molecule is COc1cc(O)c(-c2c(CO)cc3c(c2O)C(=O)c2c(O)cccc2C3=O)c(O)c1C(C)=O. The first-order valence-corrected chi connectivity index (χ1v) is 9.69. The zero-order chi connectivity index (χ0) is 24.2. The minimum absolute atomic E-state index is 0.0717. The van der Waals surface area contributed by atoms with E-state index in [9.17, 15) is 39.9 Å². The summed E-state index contributed by atoms with van der Waals surface area (Å²) in [5.41, 5.74) is -2.25. The maximum Gasteiger partial charge on any atom is 0.201 e. The number of hydrogen-bond acceptors (Lipinski definition) is 9. The molecule has 9 nitrogen and oxygen atoms in total. The minimum Gasteiger partial charge on any atom is -0.507 e. The Bertz CT molecular complexity index is 1390. The van der Waals surface area contributed by atoms with Crippen molar-refractivity contribution in [2.75, 3.05) is 7.11 Å². The van der Waals surface area contributed by atoms with Crippen molar-refractivity contribution in [3.63, 3.8) is 0 Å². The van der Waals surface area contributed by atoms with E-state index in [0.29, 0.717) is 0 Å². The predicted molar refractivity (Wildman–Crippen MR) is 114 cm³/mol. The molecule has 0 amide bonds. The molecule has 0 unspecified atom stereocenters. The zero-order valence-electron chi connectivity index (χ0n) is 17.5. The largest absolute Gasteiger partial charge is 0.507 e. The summed E-state index contributed by atoms with van der Waals surface area (Å²) in [5.74, 6) is -4.90. The van der Waals surface area contributed by atoms with Crippen LogP contribution < -0.4 is 4.74 Å². The fourth-order valence-electron chi connectivity index (χ4n) is 4.15. The number of methoxy groups -OCH3 is 1. The van der Waals surface area contributed by atoms with E-state index >= 15 is 0 Å². The van der Waals surface area contributed by atoms with Gasteiger partial charge >= 0.3 is 0 Å². The van der Waals surface area contributed by atoms with Gasteiger partial charge in [-0.25, -0.2) is 0 Å². The maximum atomic E-state index is 13.2. The molecule has 0 heterocycles. The number of aromatic hydroxyl groups is 4. The average molecular weight is 450 g/mol. The van der Waals surface area contributed by atoms with Gasteiger partial charge in [0.15, 0.2) is 11.6 Å². The number of ketones is 3. The molecule has 5 N–H and O–H groups in total. The van der Waals surface area contributed by atoms with Crippen molar-refractivity contribution in [2.24, 2.45) is 0 Å². The van der Waals surface area contributed by atoms with Gasteiger partial charge in [0.2, 0.25) is 5.78 Å². The van der Waals surface area contributed by atoms with Gasteiger partial charge in [-0.3, -0.25) is 14.4 Å². The molecule has 9 heteroatoms. The second kappa shape index (κ2) is 7.64. The summed E-state index contributed by atoms with van der Waals surface area (Å²) >= 11 is 0. The molecular weight excluding hydrogens is 432 g/mol. The summed E-state index contributed by atoms with van der Waals surface area (Å²) in [6.07, 6.45) is 0. The van der Waals surface area contributed by atoms with Crippen LogP contribution in [0, 0.1) is 0 Å². The summed E-state index contributed by atoms with van der Waals surface area (Å²) in [7, 11) is 1.23. The van der Waals surface area contributed by atoms with Crippen molar-refractivity contribution in [3.05, 3.63) is 63.7 Å². The number of ether oxygens (including phenoxy) is 1. The molecule has 1 aliphatic rings. The zero-order valence-corrected chi connectivity index (χ0v) is 17.5. The Hall–Kier alpha value is -4.37. The first-order valence-electron chi connectivity index (χ1n) is 9.69. The van der Waals surface area contributed by atoms with Crippen LogP contribution >= 0.6 is 0 Å². The smallest absolute Gasteiger partial charge is 0.201 e. The maximum absolute atomic E-state index is 13.2. The second-order valence-corrected chi connectivity index (χ2v) is 7.45. The lowest BCUT2D eigenvalue weighted by molar-refractivity contribution is 0.0974. The molecule has 3 aromatic carbocycles. The van der Waals surface area contributed by atoms with Crippen molar-refractivity contribution in [3.8, 4) is 39.9 Å². The predicted octanol–water partition coefficient (Wildman–Crippen LogP) is 2.65. The van der Waals surface area contributed by atoms with Gasteiger partial charge in [-0.1, -0.05) is 12.1 Å². The molecular formula is C24H18O9. The highest BCUT2D eigenvalue weighted by Gasteiger charge is 2.37. The minimum atomic E-state index is -0.861. The van der Waals surface area contributed by atoms with E-state index in [1.54, 1.807) is 0 Å². The molecule has 0 aromatic heterocycles. The highest BCUT2D eigenvalue weighted by molar-refractivity contribution is 6.31. The van der Waals surface area contributed by atoms with Crippen molar-refractivity contribution in [1.29, 1.82) is 0 Å². The molecule has 0 spiro atoms. The molecule has 1 aliphatic carbocycles. The Morgan fingerprint density at radius 1 is 0.848 bits per heavy atom. The number of aliphatic hydroxyl groups is 1. The Labute approximate surface area is 186 Å². The molecule has 0 aliphatic heterocycles. The van der Waals surface area contributed by atoms with Crippen molar-refractivity contribution in [2.45, 2.75) is 13.5 Å². The van der Waals surface area contributed by atoms with Crippen molar-refractivity contribution >= 4 is 17.3 Å². The Morgan fingerprint density at radius 3 is 2.15 bits per heavy atom. The van der Waals surface area contributed by atoms with Gasteiger partial charge in [-0.2, -0.15) is 0 Å². The van der Waals surface area contributed by atoms with E-state index in [1.165, 1.54) is 25.3 Å². The third-order valence-electron chi connectivity index (χ3n) is 5.60. The van der Waals surface area contributed by atoms with Crippen molar-refractivity contribution < 1.29 is 44.7 Å².